The van der Waals surface area contributed by atoms with Gasteiger partial charge in [-0.1, -0.05) is 25.7 Å². The van der Waals surface area contributed by atoms with Crippen molar-refractivity contribution in [2.24, 2.45) is 0 Å². The fourth-order valence-electron chi connectivity index (χ4n) is 2.10. The predicted octanol–water partition coefficient (Wildman–Crippen LogP) is 2.97. The van der Waals surface area contributed by atoms with Crippen LogP contribution >= 0.6 is 11.8 Å². The largest absolute Gasteiger partial charge is 0.353 e. The summed E-state index contributed by atoms with van der Waals surface area (Å²) in [6.45, 7) is 0. The van der Waals surface area contributed by atoms with E-state index in [2.05, 4.69) is 11.6 Å². The lowest BCUT2D eigenvalue weighted by Gasteiger charge is -2.15. The summed E-state index contributed by atoms with van der Waals surface area (Å²) in [6, 6.07) is 0.467. The van der Waals surface area contributed by atoms with Gasteiger partial charge in [0.2, 0.25) is 5.91 Å². The second kappa shape index (κ2) is 8.03. The topological polar surface area (TPSA) is 29.1 Å². The van der Waals surface area contributed by atoms with Crippen LogP contribution in [0.3, 0.4) is 0 Å². The van der Waals surface area contributed by atoms with Crippen molar-refractivity contribution < 1.29 is 4.79 Å². The Hall–Kier alpha value is -0.180. The molecule has 1 N–H and O–H groups in total. The van der Waals surface area contributed by atoms with Gasteiger partial charge >= 0.3 is 0 Å². The number of carbonyl (C=O) groups is 1. The van der Waals surface area contributed by atoms with Gasteiger partial charge < -0.3 is 5.32 Å². The fraction of sp³-hybridized carbons (Fsp3) is 0.917. The summed E-state index contributed by atoms with van der Waals surface area (Å²) in [6.07, 6.45) is 11.5. The van der Waals surface area contributed by atoms with Crippen molar-refractivity contribution in [1.29, 1.82) is 0 Å². The van der Waals surface area contributed by atoms with Gasteiger partial charge in [0.25, 0.3) is 0 Å². The van der Waals surface area contributed by atoms with Crippen molar-refractivity contribution in [3.8, 4) is 0 Å². The van der Waals surface area contributed by atoms with Crippen LogP contribution in [0.4, 0.5) is 0 Å². The monoisotopic (exact) mass is 229 g/mol. The average molecular weight is 229 g/mol. The Morgan fingerprint density at radius 2 is 1.93 bits per heavy atom. The van der Waals surface area contributed by atoms with E-state index in [9.17, 15) is 4.79 Å². The lowest BCUT2D eigenvalue weighted by molar-refractivity contribution is -0.121. The standard InChI is InChI=1S/C12H23NOS/c1-15-10-6-9-12(14)13-11-7-4-2-3-5-8-11/h11H,2-10H2,1H3,(H,13,14). The Morgan fingerprint density at radius 1 is 1.27 bits per heavy atom. The van der Waals surface area contributed by atoms with Gasteiger partial charge in [-0.25, -0.2) is 0 Å². The highest BCUT2D eigenvalue weighted by molar-refractivity contribution is 7.98. The molecule has 0 spiro atoms. The van der Waals surface area contributed by atoms with E-state index in [1.54, 1.807) is 0 Å². The highest BCUT2D eigenvalue weighted by Gasteiger charge is 2.13. The normalized spacial score (nSPS) is 18.5. The maximum absolute atomic E-state index is 11.6. The average Bonchev–Trinajstić information content (AvgIpc) is 2.47. The molecule has 1 aliphatic rings. The molecule has 0 aliphatic heterocycles. The molecule has 3 heteroatoms. The minimum atomic E-state index is 0.260. The molecule has 2 nitrogen and oxygen atoms in total. The molecule has 0 radical (unpaired) electrons. The highest BCUT2D eigenvalue weighted by atomic mass is 32.2. The molecule has 0 saturated heterocycles. The molecule has 1 fully saturated rings. The number of rotatable bonds is 5. The van der Waals surface area contributed by atoms with Gasteiger partial charge in [-0.05, 0) is 31.3 Å². The molecule has 0 aromatic carbocycles. The summed E-state index contributed by atoms with van der Waals surface area (Å²) in [7, 11) is 0. The SMILES string of the molecule is CSCCCC(=O)NC1CCCCCC1. The molecule has 0 bridgehead atoms. The van der Waals surface area contributed by atoms with Crippen LogP contribution in [-0.2, 0) is 4.79 Å². The number of carbonyl (C=O) groups excluding carboxylic acids is 1. The van der Waals surface area contributed by atoms with Crippen LogP contribution in [0.25, 0.3) is 0 Å². The third-order valence-corrected chi connectivity index (χ3v) is 3.67. The van der Waals surface area contributed by atoms with Crippen molar-refractivity contribution >= 4 is 17.7 Å². The van der Waals surface area contributed by atoms with Crippen molar-refractivity contribution in [3.05, 3.63) is 0 Å². The van der Waals surface area contributed by atoms with Crippen molar-refractivity contribution in [2.45, 2.75) is 57.4 Å². The molecule has 15 heavy (non-hydrogen) atoms. The zero-order valence-electron chi connectivity index (χ0n) is 9.76. The molecule has 0 atom stereocenters. The molecule has 0 heterocycles. The molecule has 1 amide bonds. The van der Waals surface area contributed by atoms with Gasteiger partial charge in [0.1, 0.15) is 0 Å². The predicted molar refractivity (Wildman–Crippen MR) is 67.2 cm³/mol. The van der Waals surface area contributed by atoms with Crippen LogP contribution in [0.5, 0.6) is 0 Å². The Bertz CT molecular complexity index is 176. The summed E-state index contributed by atoms with van der Waals surface area (Å²) >= 11 is 1.81. The summed E-state index contributed by atoms with van der Waals surface area (Å²) in [5.74, 6) is 1.36. The maximum Gasteiger partial charge on any atom is 0.220 e. The van der Waals surface area contributed by atoms with Crippen molar-refractivity contribution in [3.63, 3.8) is 0 Å². The highest BCUT2D eigenvalue weighted by Crippen LogP contribution is 2.17. The first-order valence-corrected chi connectivity index (χ1v) is 7.50. The van der Waals surface area contributed by atoms with Crippen LogP contribution < -0.4 is 5.32 Å². The molecule has 0 aromatic rings. The Labute approximate surface area is 97.6 Å². The van der Waals surface area contributed by atoms with Gasteiger partial charge in [-0.3, -0.25) is 4.79 Å². The van der Waals surface area contributed by atoms with Gasteiger partial charge in [0.15, 0.2) is 0 Å². The van der Waals surface area contributed by atoms with Crippen LogP contribution in [0.1, 0.15) is 51.4 Å². The number of amides is 1. The summed E-state index contributed by atoms with van der Waals surface area (Å²) in [5.41, 5.74) is 0. The van der Waals surface area contributed by atoms with Crippen molar-refractivity contribution in [1.82, 2.24) is 5.32 Å². The van der Waals surface area contributed by atoms with Crippen LogP contribution in [0.2, 0.25) is 0 Å². The number of thioether (sulfide) groups is 1. The first-order chi connectivity index (χ1) is 7.33. The van der Waals surface area contributed by atoms with E-state index < -0.39 is 0 Å². The molecule has 0 unspecified atom stereocenters. The van der Waals surface area contributed by atoms with E-state index in [1.807, 2.05) is 11.8 Å². The number of nitrogens with one attached hydrogen (secondary N) is 1. The minimum Gasteiger partial charge on any atom is -0.353 e. The summed E-state index contributed by atoms with van der Waals surface area (Å²) in [5, 5.41) is 3.17. The fourth-order valence-corrected chi connectivity index (χ4v) is 2.53. The first kappa shape index (κ1) is 12.9. The molecule has 1 rings (SSSR count). The summed E-state index contributed by atoms with van der Waals surface area (Å²) in [4.78, 5) is 11.6. The Balaban J connectivity index is 2.12. The third kappa shape index (κ3) is 6.08. The molecule has 1 aliphatic carbocycles. The van der Waals surface area contributed by atoms with E-state index in [-0.39, 0.29) is 5.91 Å². The first-order valence-electron chi connectivity index (χ1n) is 6.11. The molecular formula is C12H23NOS. The summed E-state index contributed by atoms with van der Waals surface area (Å²) < 4.78 is 0. The van der Waals surface area contributed by atoms with E-state index in [0.717, 1.165) is 12.2 Å². The molecule has 88 valence electrons. The van der Waals surface area contributed by atoms with E-state index in [1.165, 1.54) is 38.5 Å². The number of hydrogen-bond donors (Lipinski definition) is 1. The van der Waals surface area contributed by atoms with E-state index >= 15 is 0 Å². The van der Waals surface area contributed by atoms with E-state index in [0.29, 0.717) is 12.5 Å². The zero-order chi connectivity index (χ0) is 10.9. The van der Waals surface area contributed by atoms with Crippen LogP contribution in [0, 0.1) is 0 Å². The minimum absolute atomic E-state index is 0.260. The Kier molecular flexibility index (Phi) is 6.90. The maximum atomic E-state index is 11.6. The van der Waals surface area contributed by atoms with E-state index in [4.69, 9.17) is 0 Å². The van der Waals surface area contributed by atoms with Gasteiger partial charge in [-0.15, -0.1) is 0 Å². The Morgan fingerprint density at radius 3 is 2.53 bits per heavy atom. The lowest BCUT2D eigenvalue weighted by Crippen LogP contribution is -2.34. The second-order valence-electron chi connectivity index (χ2n) is 4.35. The quantitative estimate of drug-likeness (QED) is 0.580. The van der Waals surface area contributed by atoms with Crippen LogP contribution in [0.15, 0.2) is 0 Å². The van der Waals surface area contributed by atoms with Gasteiger partial charge in [-0.2, -0.15) is 11.8 Å². The van der Waals surface area contributed by atoms with Crippen LogP contribution in [-0.4, -0.2) is 24.0 Å². The van der Waals surface area contributed by atoms with Crippen molar-refractivity contribution in [2.75, 3.05) is 12.0 Å². The molecular weight excluding hydrogens is 206 g/mol. The zero-order valence-corrected chi connectivity index (χ0v) is 10.6. The lowest BCUT2D eigenvalue weighted by atomic mass is 10.1. The number of hydrogen-bond acceptors (Lipinski definition) is 2. The smallest absolute Gasteiger partial charge is 0.220 e. The molecule has 1 saturated carbocycles. The third-order valence-electron chi connectivity index (χ3n) is 2.97. The van der Waals surface area contributed by atoms with Gasteiger partial charge in [0, 0.05) is 12.5 Å². The van der Waals surface area contributed by atoms with Gasteiger partial charge in [0.05, 0.1) is 0 Å². The molecule has 0 aromatic heterocycles. The second-order valence-corrected chi connectivity index (χ2v) is 5.34.